The van der Waals surface area contributed by atoms with E-state index >= 15 is 0 Å². The minimum Gasteiger partial charge on any atom is -0.481 e. The van der Waals surface area contributed by atoms with Gasteiger partial charge in [-0.25, -0.2) is 9.78 Å². The zero-order valence-corrected chi connectivity index (χ0v) is 15.8. The number of benzene rings is 1. The number of anilines is 1. The molecule has 0 aliphatic heterocycles. The van der Waals surface area contributed by atoms with Gasteiger partial charge in [0.05, 0.1) is 18.3 Å². The first-order valence-electron chi connectivity index (χ1n) is 8.23. The van der Waals surface area contributed by atoms with Gasteiger partial charge in [-0.2, -0.15) is 22.8 Å². The Hall–Kier alpha value is -3.41. The van der Waals surface area contributed by atoms with Crippen LogP contribution in [0.4, 0.5) is 19.0 Å². The summed E-state index contributed by atoms with van der Waals surface area (Å²) in [6.45, 7) is 0.249. The Kier molecular flexibility index (Phi) is 7.53. The molecule has 0 aliphatic carbocycles. The number of hydrogen-bond acceptors (Lipinski definition) is 6. The lowest BCUT2D eigenvalue weighted by atomic mass is 9.99. The molecule has 3 rings (SSSR count). The summed E-state index contributed by atoms with van der Waals surface area (Å²) in [6.07, 6.45) is -0.0890. The highest BCUT2D eigenvalue weighted by Crippen LogP contribution is 2.15. The molecule has 1 aromatic carbocycles. The number of nitrogens with zero attached hydrogens (tertiary/aromatic N) is 4. The molecular formula is C17H15ClF3N5O4. The molecule has 0 saturated heterocycles. The van der Waals surface area contributed by atoms with Crippen molar-refractivity contribution in [2.24, 2.45) is 5.92 Å². The molecule has 0 radical (unpaired) electrons. The second kappa shape index (κ2) is 9.87. The SMILES string of the molecule is O=C(O)C(CNc1cncc2ncnn12)Cc1ccc(Cl)cc1.O=C(O)C(F)(F)F. The molecule has 2 heterocycles. The van der Waals surface area contributed by atoms with Gasteiger partial charge < -0.3 is 15.5 Å². The molecule has 0 fully saturated rings. The first-order chi connectivity index (χ1) is 14.1. The summed E-state index contributed by atoms with van der Waals surface area (Å²) in [4.78, 5) is 28.5. The lowest BCUT2D eigenvalue weighted by Crippen LogP contribution is -2.25. The van der Waals surface area contributed by atoms with E-state index in [2.05, 4.69) is 20.4 Å². The first-order valence-corrected chi connectivity index (χ1v) is 8.60. The summed E-state index contributed by atoms with van der Waals surface area (Å²) in [7, 11) is 0. The second-order valence-corrected chi connectivity index (χ2v) is 6.31. The minimum atomic E-state index is -5.08. The van der Waals surface area contributed by atoms with Gasteiger partial charge in [0.25, 0.3) is 0 Å². The number of aromatic nitrogens is 4. The summed E-state index contributed by atoms with van der Waals surface area (Å²) in [5, 5.41) is 24.3. The molecule has 1 unspecified atom stereocenters. The van der Waals surface area contributed by atoms with Gasteiger partial charge in [0.2, 0.25) is 0 Å². The Labute approximate surface area is 172 Å². The van der Waals surface area contributed by atoms with Crippen molar-refractivity contribution >= 4 is 35.0 Å². The number of carboxylic acid groups (broad SMARTS) is 2. The number of nitrogens with one attached hydrogen (secondary N) is 1. The fourth-order valence-corrected chi connectivity index (χ4v) is 2.38. The van der Waals surface area contributed by atoms with Crippen LogP contribution in [-0.2, 0) is 16.0 Å². The van der Waals surface area contributed by atoms with Crippen molar-refractivity contribution in [3.8, 4) is 0 Å². The first kappa shape index (κ1) is 22.9. The zero-order valence-electron chi connectivity index (χ0n) is 15.0. The van der Waals surface area contributed by atoms with Crippen LogP contribution in [0.1, 0.15) is 5.56 Å². The second-order valence-electron chi connectivity index (χ2n) is 5.87. The van der Waals surface area contributed by atoms with Crippen molar-refractivity contribution in [3.05, 3.63) is 53.6 Å². The molecule has 160 valence electrons. The monoisotopic (exact) mass is 445 g/mol. The molecule has 0 spiro atoms. The van der Waals surface area contributed by atoms with Gasteiger partial charge in [0.1, 0.15) is 12.1 Å². The van der Waals surface area contributed by atoms with Gasteiger partial charge in [0.15, 0.2) is 5.65 Å². The number of aliphatic carboxylic acids is 2. The van der Waals surface area contributed by atoms with Crippen molar-refractivity contribution in [2.45, 2.75) is 12.6 Å². The number of hydrogen-bond donors (Lipinski definition) is 3. The molecule has 0 aliphatic rings. The molecule has 3 aromatic rings. The third-order valence-electron chi connectivity index (χ3n) is 3.71. The van der Waals surface area contributed by atoms with E-state index in [0.29, 0.717) is 22.9 Å². The maximum Gasteiger partial charge on any atom is 0.490 e. The average Bonchev–Trinajstić information content (AvgIpc) is 3.15. The normalized spacial score (nSPS) is 12.0. The summed E-state index contributed by atoms with van der Waals surface area (Å²) < 4.78 is 33.3. The van der Waals surface area contributed by atoms with Crippen LogP contribution >= 0.6 is 11.6 Å². The quantitative estimate of drug-likeness (QED) is 0.528. The summed E-state index contributed by atoms with van der Waals surface area (Å²) in [6, 6.07) is 7.17. The van der Waals surface area contributed by atoms with Crippen LogP contribution in [0.5, 0.6) is 0 Å². The van der Waals surface area contributed by atoms with E-state index in [1.54, 1.807) is 29.0 Å². The van der Waals surface area contributed by atoms with Gasteiger partial charge in [0, 0.05) is 11.6 Å². The van der Waals surface area contributed by atoms with Crippen LogP contribution in [0.3, 0.4) is 0 Å². The van der Waals surface area contributed by atoms with Crippen LogP contribution in [-0.4, -0.2) is 54.5 Å². The van der Waals surface area contributed by atoms with Crippen molar-refractivity contribution in [1.82, 2.24) is 19.6 Å². The molecule has 0 saturated carbocycles. The molecule has 13 heteroatoms. The Balaban J connectivity index is 0.000000396. The van der Waals surface area contributed by atoms with E-state index in [4.69, 9.17) is 21.5 Å². The maximum absolute atomic E-state index is 11.5. The predicted octanol–water partition coefficient (Wildman–Crippen LogP) is 2.77. The van der Waals surface area contributed by atoms with E-state index < -0.39 is 24.0 Å². The van der Waals surface area contributed by atoms with E-state index in [1.165, 1.54) is 6.33 Å². The highest BCUT2D eigenvalue weighted by molar-refractivity contribution is 6.30. The molecule has 1 atom stereocenters. The largest absolute Gasteiger partial charge is 0.490 e. The van der Waals surface area contributed by atoms with Crippen LogP contribution in [0.2, 0.25) is 5.02 Å². The lowest BCUT2D eigenvalue weighted by Gasteiger charge is -2.14. The smallest absolute Gasteiger partial charge is 0.481 e. The summed E-state index contributed by atoms with van der Waals surface area (Å²) >= 11 is 5.85. The Morgan fingerprint density at radius 2 is 1.80 bits per heavy atom. The van der Waals surface area contributed by atoms with Gasteiger partial charge in [-0.1, -0.05) is 23.7 Å². The van der Waals surface area contributed by atoms with Crippen molar-refractivity contribution in [3.63, 3.8) is 0 Å². The molecule has 2 aromatic heterocycles. The topological polar surface area (TPSA) is 130 Å². The summed E-state index contributed by atoms with van der Waals surface area (Å²) in [5.74, 6) is -3.61. The Bertz CT molecular complexity index is 1010. The van der Waals surface area contributed by atoms with Crippen LogP contribution in [0, 0.1) is 5.92 Å². The highest BCUT2D eigenvalue weighted by atomic mass is 35.5. The Morgan fingerprint density at radius 1 is 1.17 bits per heavy atom. The van der Waals surface area contributed by atoms with Gasteiger partial charge in [-0.15, -0.1) is 0 Å². The standard InChI is InChI=1S/C15H14ClN5O2.C2HF3O2/c16-12-3-1-10(2-4-12)5-11(15(22)23)6-18-13-7-17-8-14-19-9-20-21(13)14;3-2(4,5)1(6)7/h1-4,7-9,11,18H,5-6H2,(H,22,23);(H,6,7). The number of alkyl halides is 3. The molecule has 0 amide bonds. The zero-order chi connectivity index (χ0) is 22.3. The van der Waals surface area contributed by atoms with E-state index in [-0.39, 0.29) is 6.54 Å². The third-order valence-corrected chi connectivity index (χ3v) is 3.96. The van der Waals surface area contributed by atoms with E-state index in [9.17, 15) is 23.1 Å². The Morgan fingerprint density at radius 3 is 2.37 bits per heavy atom. The number of halogens is 4. The number of carboxylic acids is 2. The van der Waals surface area contributed by atoms with Crippen LogP contribution < -0.4 is 5.32 Å². The average molecular weight is 446 g/mol. The van der Waals surface area contributed by atoms with Gasteiger partial charge in [-0.3, -0.25) is 9.78 Å². The fourth-order valence-electron chi connectivity index (χ4n) is 2.25. The van der Waals surface area contributed by atoms with Crippen LogP contribution in [0.15, 0.2) is 43.0 Å². The van der Waals surface area contributed by atoms with Crippen molar-refractivity contribution in [1.29, 1.82) is 0 Å². The molecule has 9 nitrogen and oxygen atoms in total. The van der Waals surface area contributed by atoms with Crippen molar-refractivity contribution in [2.75, 3.05) is 11.9 Å². The van der Waals surface area contributed by atoms with E-state index in [1.807, 2.05) is 12.1 Å². The number of fused-ring (bicyclic) bond motifs is 1. The maximum atomic E-state index is 11.5. The van der Waals surface area contributed by atoms with Gasteiger partial charge >= 0.3 is 18.1 Å². The molecule has 3 N–H and O–H groups in total. The van der Waals surface area contributed by atoms with E-state index in [0.717, 1.165) is 5.56 Å². The molecule has 0 bridgehead atoms. The van der Waals surface area contributed by atoms with Crippen molar-refractivity contribution < 1.29 is 33.0 Å². The minimum absolute atomic E-state index is 0.249. The molecular weight excluding hydrogens is 431 g/mol. The molecule has 30 heavy (non-hydrogen) atoms. The number of carbonyl (C=O) groups is 2. The summed E-state index contributed by atoms with van der Waals surface area (Å²) in [5.41, 5.74) is 1.51. The van der Waals surface area contributed by atoms with Crippen LogP contribution in [0.25, 0.3) is 5.65 Å². The van der Waals surface area contributed by atoms with Gasteiger partial charge in [-0.05, 0) is 24.1 Å². The fraction of sp³-hybridized carbons (Fsp3) is 0.235. The highest BCUT2D eigenvalue weighted by Gasteiger charge is 2.38. The predicted molar refractivity (Wildman–Crippen MR) is 99.2 cm³/mol. The third kappa shape index (κ3) is 6.58. The lowest BCUT2D eigenvalue weighted by molar-refractivity contribution is -0.192. The number of rotatable bonds is 6.